The fraction of sp³-hybridized carbons (Fsp3) is 0.632. The van der Waals surface area contributed by atoms with Crippen molar-refractivity contribution in [2.75, 3.05) is 46.9 Å². The van der Waals surface area contributed by atoms with Gasteiger partial charge in [0.05, 0.1) is 37.4 Å². The summed E-state index contributed by atoms with van der Waals surface area (Å²) in [5, 5.41) is 0. The molecule has 1 aromatic rings. The summed E-state index contributed by atoms with van der Waals surface area (Å²) in [6, 6.07) is 5.97. The molecule has 142 valence electrons. The number of carbonyl (C=O) groups is 2. The third-order valence-corrected chi connectivity index (χ3v) is 5.26. The molecule has 3 rings (SSSR count). The van der Waals surface area contributed by atoms with Crippen LogP contribution in [0.25, 0.3) is 0 Å². The van der Waals surface area contributed by atoms with Gasteiger partial charge >= 0.3 is 0 Å². The summed E-state index contributed by atoms with van der Waals surface area (Å²) in [5.74, 6) is -0.0454. The summed E-state index contributed by atoms with van der Waals surface area (Å²) < 4.78 is 6.14. The molecule has 1 spiro atoms. The molecule has 0 aromatic carbocycles. The number of rotatable bonds is 4. The monoisotopic (exact) mass is 360 g/mol. The highest BCUT2D eigenvalue weighted by atomic mass is 16.5. The molecule has 7 heteroatoms. The Morgan fingerprint density at radius 3 is 2.73 bits per heavy atom. The molecule has 3 heterocycles. The Labute approximate surface area is 154 Å². The summed E-state index contributed by atoms with van der Waals surface area (Å²) in [4.78, 5) is 34.4. The Balaban J connectivity index is 1.60. The molecule has 26 heavy (non-hydrogen) atoms. The number of hydrogen-bond acceptors (Lipinski definition) is 5. The lowest BCUT2D eigenvalue weighted by Gasteiger charge is -2.42. The number of piperidine rings is 1. The normalized spacial score (nSPS) is 20.8. The lowest BCUT2D eigenvalue weighted by molar-refractivity contribution is -0.140. The van der Waals surface area contributed by atoms with E-state index in [1.54, 1.807) is 19.0 Å². The molecule has 0 bridgehead atoms. The number of hydrogen-bond donors (Lipinski definition) is 0. The minimum Gasteiger partial charge on any atom is -0.373 e. The molecule has 2 fully saturated rings. The van der Waals surface area contributed by atoms with Crippen LogP contribution in [-0.4, -0.2) is 84.0 Å². The maximum Gasteiger partial charge on any atom is 0.241 e. The number of aromatic nitrogens is 1. The zero-order valence-corrected chi connectivity index (χ0v) is 15.7. The van der Waals surface area contributed by atoms with Crippen molar-refractivity contribution >= 4 is 11.8 Å². The second-order valence-electron chi connectivity index (χ2n) is 7.42. The van der Waals surface area contributed by atoms with Crippen molar-refractivity contribution in [3.8, 4) is 0 Å². The second-order valence-corrected chi connectivity index (χ2v) is 7.42. The van der Waals surface area contributed by atoms with Gasteiger partial charge in [-0.1, -0.05) is 6.07 Å². The number of likely N-dealkylation sites (tertiary alicyclic amines) is 1. The van der Waals surface area contributed by atoms with Crippen molar-refractivity contribution in [1.29, 1.82) is 0 Å². The van der Waals surface area contributed by atoms with Crippen LogP contribution in [0.3, 0.4) is 0 Å². The van der Waals surface area contributed by atoms with Crippen LogP contribution in [0.1, 0.15) is 25.0 Å². The van der Waals surface area contributed by atoms with E-state index in [1.807, 2.05) is 24.4 Å². The molecular formula is C19H28N4O3. The predicted molar refractivity (Wildman–Crippen MR) is 97.3 cm³/mol. The molecular weight excluding hydrogens is 332 g/mol. The number of carbonyl (C=O) groups excluding carboxylic acids is 2. The molecule has 7 nitrogen and oxygen atoms in total. The Kier molecular flexibility index (Phi) is 5.88. The number of ether oxygens (including phenoxy) is 1. The van der Waals surface area contributed by atoms with E-state index in [0.717, 1.165) is 38.2 Å². The second kappa shape index (κ2) is 8.14. The van der Waals surface area contributed by atoms with Crippen molar-refractivity contribution in [3.05, 3.63) is 30.1 Å². The summed E-state index contributed by atoms with van der Waals surface area (Å²) in [6.07, 6.45) is 3.89. The van der Waals surface area contributed by atoms with Crippen LogP contribution in [-0.2, 0) is 20.9 Å². The Morgan fingerprint density at radius 1 is 1.31 bits per heavy atom. The van der Waals surface area contributed by atoms with Crippen LogP contribution in [0.5, 0.6) is 0 Å². The van der Waals surface area contributed by atoms with Crippen molar-refractivity contribution < 1.29 is 14.3 Å². The van der Waals surface area contributed by atoms with E-state index < -0.39 is 0 Å². The SMILES string of the molecule is CN(C)C(=O)CN1CC2(CCN(Cc3ccccn3)CC2)OCCC1=O. The van der Waals surface area contributed by atoms with Gasteiger partial charge in [-0.15, -0.1) is 0 Å². The third kappa shape index (κ3) is 4.59. The first-order chi connectivity index (χ1) is 12.5. The van der Waals surface area contributed by atoms with Crippen molar-refractivity contribution in [3.63, 3.8) is 0 Å². The van der Waals surface area contributed by atoms with Crippen LogP contribution in [0, 0.1) is 0 Å². The Hall–Kier alpha value is -1.99. The minimum atomic E-state index is -0.334. The lowest BCUT2D eigenvalue weighted by Crippen LogP contribution is -2.53. The summed E-state index contributed by atoms with van der Waals surface area (Å²) in [7, 11) is 3.43. The number of likely N-dealkylation sites (N-methyl/N-ethyl adjacent to an activating group) is 1. The molecule has 0 unspecified atom stereocenters. The Morgan fingerprint density at radius 2 is 2.08 bits per heavy atom. The van der Waals surface area contributed by atoms with Gasteiger partial charge in [0.1, 0.15) is 0 Å². The maximum absolute atomic E-state index is 12.4. The van der Waals surface area contributed by atoms with Gasteiger partial charge in [0.2, 0.25) is 11.8 Å². The summed E-state index contributed by atoms with van der Waals surface area (Å²) in [5.41, 5.74) is 0.734. The van der Waals surface area contributed by atoms with Crippen LogP contribution in [0.2, 0.25) is 0 Å². The van der Waals surface area contributed by atoms with Gasteiger partial charge in [-0.25, -0.2) is 0 Å². The molecule has 2 saturated heterocycles. The van der Waals surface area contributed by atoms with E-state index in [-0.39, 0.29) is 24.0 Å². The molecule has 0 aliphatic carbocycles. The highest BCUT2D eigenvalue weighted by Crippen LogP contribution is 2.30. The number of pyridine rings is 1. The first-order valence-corrected chi connectivity index (χ1v) is 9.22. The van der Waals surface area contributed by atoms with Crippen molar-refractivity contribution in [2.45, 2.75) is 31.4 Å². The molecule has 2 aliphatic rings. The van der Waals surface area contributed by atoms with Crippen molar-refractivity contribution in [1.82, 2.24) is 19.7 Å². The zero-order chi connectivity index (χ0) is 18.6. The smallest absolute Gasteiger partial charge is 0.241 e. The summed E-state index contributed by atoms with van der Waals surface area (Å²) in [6.45, 7) is 3.71. The van der Waals surface area contributed by atoms with Crippen LogP contribution in [0.4, 0.5) is 0 Å². The number of amides is 2. The quantitative estimate of drug-likeness (QED) is 0.793. The van der Waals surface area contributed by atoms with Crippen LogP contribution >= 0.6 is 0 Å². The first kappa shape index (κ1) is 18.8. The van der Waals surface area contributed by atoms with Gasteiger partial charge in [-0.3, -0.25) is 19.5 Å². The van der Waals surface area contributed by atoms with E-state index in [9.17, 15) is 9.59 Å². The van der Waals surface area contributed by atoms with Gasteiger partial charge in [-0.2, -0.15) is 0 Å². The Bertz CT molecular complexity index is 627. The first-order valence-electron chi connectivity index (χ1n) is 9.22. The van der Waals surface area contributed by atoms with Gasteiger partial charge in [-0.05, 0) is 25.0 Å². The minimum absolute atomic E-state index is 0.00740. The van der Waals surface area contributed by atoms with Gasteiger partial charge in [0, 0.05) is 39.9 Å². The molecule has 1 aromatic heterocycles. The van der Waals surface area contributed by atoms with E-state index in [4.69, 9.17) is 4.74 Å². The summed E-state index contributed by atoms with van der Waals surface area (Å²) >= 11 is 0. The molecule has 2 aliphatic heterocycles. The average Bonchev–Trinajstić information content (AvgIpc) is 2.77. The highest BCUT2D eigenvalue weighted by Gasteiger charge is 2.40. The van der Waals surface area contributed by atoms with Crippen LogP contribution < -0.4 is 0 Å². The van der Waals surface area contributed by atoms with Crippen molar-refractivity contribution in [2.24, 2.45) is 0 Å². The topological polar surface area (TPSA) is 66.0 Å². The predicted octanol–water partition coefficient (Wildman–Crippen LogP) is 0.753. The van der Waals surface area contributed by atoms with E-state index in [2.05, 4.69) is 9.88 Å². The molecule has 0 radical (unpaired) electrons. The average molecular weight is 360 g/mol. The lowest BCUT2D eigenvalue weighted by atomic mass is 9.90. The zero-order valence-electron chi connectivity index (χ0n) is 15.7. The van der Waals surface area contributed by atoms with E-state index >= 15 is 0 Å². The maximum atomic E-state index is 12.4. The van der Waals surface area contributed by atoms with Gasteiger partial charge in [0.15, 0.2) is 0 Å². The fourth-order valence-corrected chi connectivity index (χ4v) is 3.59. The van der Waals surface area contributed by atoms with E-state index in [1.165, 1.54) is 4.90 Å². The largest absolute Gasteiger partial charge is 0.373 e. The third-order valence-electron chi connectivity index (χ3n) is 5.26. The standard InChI is InChI=1S/C19H28N4O3/c1-21(2)18(25)14-23-15-19(26-12-6-17(23)24)7-10-22(11-8-19)13-16-5-3-4-9-20-16/h3-5,9H,6-8,10-15H2,1-2H3. The number of nitrogens with zero attached hydrogens (tertiary/aromatic N) is 4. The molecule has 0 atom stereocenters. The van der Waals surface area contributed by atoms with Gasteiger partial charge < -0.3 is 14.5 Å². The highest BCUT2D eigenvalue weighted by molar-refractivity contribution is 5.84. The molecule has 0 N–H and O–H groups in total. The molecule has 0 saturated carbocycles. The van der Waals surface area contributed by atoms with E-state index in [0.29, 0.717) is 19.6 Å². The fourth-order valence-electron chi connectivity index (χ4n) is 3.59. The van der Waals surface area contributed by atoms with Crippen LogP contribution in [0.15, 0.2) is 24.4 Å². The molecule has 2 amide bonds. The van der Waals surface area contributed by atoms with Gasteiger partial charge in [0.25, 0.3) is 0 Å².